The van der Waals surface area contributed by atoms with E-state index in [1.54, 1.807) is 0 Å². The molecule has 146 valence electrons. The highest BCUT2D eigenvalue weighted by atomic mass is 32.2. The summed E-state index contributed by atoms with van der Waals surface area (Å²) in [5.41, 5.74) is 2.25. The molecule has 1 saturated carbocycles. The zero-order chi connectivity index (χ0) is 19.5. The van der Waals surface area contributed by atoms with E-state index in [4.69, 9.17) is 16.6 Å². The lowest BCUT2D eigenvalue weighted by Crippen LogP contribution is -2.39. The first-order valence-electron chi connectivity index (χ1n) is 10.1. The Labute approximate surface area is 176 Å². The van der Waals surface area contributed by atoms with Crippen molar-refractivity contribution >= 4 is 40.3 Å². The van der Waals surface area contributed by atoms with Gasteiger partial charge in [0.15, 0.2) is 0 Å². The summed E-state index contributed by atoms with van der Waals surface area (Å²) in [4.78, 5) is 15.6. The van der Waals surface area contributed by atoms with Gasteiger partial charge < -0.3 is 4.42 Å². The molecule has 2 aromatic rings. The summed E-state index contributed by atoms with van der Waals surface area (Å²) in [6.07, 6.45) is 10.1. The van der Waals surface area contributed by atoms with Gasteiger partial charge in [-0.05, 0) is 31.9 Å². The fraction of sp³-hybridized carbons (Fsp3) is 0.391. The van der Waals surface area contributed by atoms with Gasteiger partial charge in [-0.3, -0.25) is 9.69 Å². The summed E-state index contributed by atoms with van der Waals surface area (Å²) < 4.78 is 6.66. The molecule has 1 aliphatic heterocycles. The van der Waals surface area contributed by atoms with Crippen molar-refractivity contribution in [2.24, 2.45) is 0 Å². The van der Waals surface area contributed by atoms with Crippen LogP contribution in [0.5, 0.6) is 0 Å². The lowest BCUT2D eigenvalue weighted by Gasteiger charge is -2.28. The number of carbonyl (C=O) groups excluding carboxylic acids is 1. The lowest BCUT2D eigenvalue weighted by molar-refractivity contribution is -0.123. The van der Waals surface area contributed by atoms with Crippen LogP contribution in [0.4, 0.5) is 0 Å². The summed E-state index contributed by atoms with van der Waals surface area (Å²) >= 11 is 6.96. The zero-order valence-electron chi connectivity index (χ0n) is 16.1. The van der Waals surface area contributed by atoms with Gasteiger partial charge in [0, 0.05) is 17.7 Å². The van der Waals surface area contributed by atoms with Crippen molar-refractivity contribution in [1.82, 2.24) is 4.90 Å². The first-order valence-corrected chi connectivity index (χ1v) is 11.3. The van der Waals surface area contributed by atoms with E-state index in [1.807, 2.05) is 35.2 Å². The van der Waals surface area contributed by atoms with Gasteiger partial charge in [0.25, 0.3) is 5.91 Å². The average molecular weight is 412 g/mol. The molecule has 0 bridgehead atoms. The minimum absolute atomic E-state index is 0.0360. The minimum Gasteiger partial charge on any atom is -0.457 e. The molecular weight excluding hydrogens is 386 g/mol. The molecule has 1 saturated heterocycles. The summed E-state index contributed by atoms with van der Waals surface area (Å²) in [5, 5.41) is 0. The van der Waals surface area contributed by atoms with Crippen LogP contribution in [0.1, 0.15) is 56.3 Å². The fourth-order valence-corrected chi connectivity index (χ4v) is 5.30. The van der Waals surface area contributed by atoms with E-state index in [-0.39, 0.29) is 11.9 Å². The van der Waals surface area contributed by atoms with Gasteiger partial charge in [0.05, 0.1) is 4.91 Å². The zero-order valence-corrected chi connectivity index (χ0v) is 17.8. The number of nitrogens with zero attached hydrogens (tertiary/aromatic N) is 1. The Bertz CT molecular complexity index is 890. The van der Waals surface area contributed by atoms with Gasteiger partial charge in [0.2, 0.25) is 0 Å². The highest BCUT2D eigenvalue weighted by Crippen LogP contribution is 2.37. The molecule has 1 aliphatic carbocycles. The van der Waals surface area contributed by atoms with Gasteiger partial charge >= 0.3 is 0 Å². The van der Waals surface area contributed by atoms with E-state index in [0.29, 0.717) is 15.0 Å². The number of hydrogen-bond donors (Lipinski definition) is 0. The van der Waals surface area contributed by atoms with Crippen molar-refractivity contribution < 1.29 is 9.21 Å². The molecule has 5 heteroatoms. The second-order valence-corrected chi connectivity index (χ2v) is 9.29. The van der Waals surface area contributed by atoms with Gasteiger partial charge in [-0.1, -0.05) is 85.9 Å². The Balaban J connectivity index is 1.51. The van der Waals surface area contributed by atoms with Crippen LogP contribution < -0.4 is 0 Å². The maximum atomic E-state index is 13.0. The van der Waals surface area contributed by atoms with E-state index in [9.17, 15) is 4.79 Å². The number of rotatable bonds is 3. The molecule has 0 atom stereocenters. The first kappa shape index (κ1) is 19.5. The predicted octanol–water partition coefficient (Wildman–Crippen LogP) is 6.57. The summed E-state index contributed by atoms with van der Waals surface area (Å²) in [6.45, 7) is 2.06. The SMILES string of the molecule is Cc1ccc(-c2ccc(/C=C3\SC(=S)N(C4CCCCCCC4)C3=O)o2)cc1. The van der Waals surface area contributed by atoms with Crippen molar-refractivity contribution in [2.45, 2.75) is 57.9 Å². The number of amides is 1. The number of hydrogen-bond acceptors (Lipinski definition) is 4. The maximum Gasteiger partial charge on any atom is 0.266 e. The lowest BCUT2D eigenvalue weighted by atomic mass is 9.96. The summed E-state index contributed by atoms with van der Waals surface area (Å²) in [7, 11) is 0. The highest BCUT2D eigenvalue weighted by molar-refractivity contribution is 8.26. The standard InChI is InChI=1S/C23H25NO2S2/c1-16-9-11-17(12-10-16)20-14-13-19(26-20)15-21-22(25)24(23(27)28-21)18-7-5-3-2-4-6-8-18/h9-15,18H,2-8H2,1H3/b21-15-. The second-order valence-electron chi connectivity index (χ2n) is 7.62. The number of thioether (sulfide) groups is 1. The van der Waals surface area contributed by atoms with Crippen LogP contribution in [0.3, 0.4) is 0 Å². The summed E-state index contributed by atoms with van der Waals surface area (Å²) in [5.74, 6) is 1.53. The molecular formula is C23H25NO2S2. The second kappa shape index (κ2) is 8.66. The van der Waals surface area contributed by atoms with Crippen molar-refractivity contribution in [3.8, 4) is 11.3 Å². The third-order valence-corrected chi connectivity index (χ3v) is 6.83. The molecule has 2 aliphatic rings. The predicted molar refractivity (Wildman–Crippen MR) is 120 cm³/mol. The Morgan fingerprint density at radius 2 is 1.71 bits per heavy atom. The fourth-order valence-electron chi connectivity index (χ4n) is 3.92. The minimum atomic E-state index is 0.0360. The van der Waals surface area contributed by atoms with Gasteiger partial charge in [-0.15, -0.1) is 0 Å². The number of furan rings is 1. The quantitative estimate of drug-likeness (QED) is 0.422. The molecule has 1 aromatic carbocycles. The molecule has 0 spiro atoms. The van der Waals surface area contributed by atoms with Crippen LogP contribution in [0.25, 0.3) is 17.4 Å². The third-order valence-electron chi connectivity index (χ3n) is 5.50. The maximum absolute atomic E-state index is 13.0. The molecule has 1 aromatic heterocycles. The number of carbonyl (C=O) groups is 1. The van der Waals surface area contributed by atoms with E-state index in [2.05, 4.69) is 19.1 Å². The van der Waals surface area contributed by atoms with Crippen molar-refractivity contribution in [3.05, 3.63) is 52.6 Å². The van der Waals surface area contributed by atoms with Crippen LogP contribution in [0.2, 0.25) is 0 Å². The van der Waals surface area contributed by atoms with Gasteiger partial charge in [0.1, 0.15) is 15.8 Å². The Kier molecular flexibility index (Phi) is 6.02. The van der Waals surface area contributed by atoms with Crippen molar-refractivity contribution in [2.75, 3.05) is 0 Å². The molecule has 2 fully saturated rings. The van der Waals surface area contributed by atoms with Crippen molar-refractivity contribution in [1.29, 1.82) is 0 Å². The molecule has 1 amide bonds. The summed E-state index contributed by atoms with van der Waals surface area (Å²) in [6, 6.07) is 12.3. The molecule has 2 heterocycles. The third kappa shape index (κ3) is 4.26. The van der Waals surface area contributed by atoms with E-state index >= 15 is 0 Å². The van der Waals surface area contributed by atoms with Crippen LogP contribution in [0.15, 0.2) is 45.7 Å². The van der Waals surface area contributed by atoms with Crippen molar-refractivity contribution in [3.63, 3.8) is 0 Å². The number of thiocarbonyl (C=S) groups is 1. The van der Waals surface area contributed by atoms with Crippen LogP contribution in [-0.4, -0.2) is 21.2 Å². The normalized spacial score (nSPS) is 20.6. The first-order chi connectivity index (χ1) is 13.6. The molecule has 0 N–H and O–H groups in total. The van der Waals surface area contributed by atoms with Gasteiger partial charge in [-0.2, -0.15) is 0 Å². The number of aryl methyl sites for hydroxylation is 1. The Morgan fingerprint density at radius 3 is 2.43 bits per heavy atom. The van der Waals surface area contributed by atoms with Crippen LogP contribution >= 0.6 is 24.0 Å². The van der Waals surface area contributed by atoms with Crippen LogP contribution in [0, 0.1) is 6.92 Å². The molecule has 3 nitrogen and oxygen atoms in total. The topological polar surface area (TPSA) is 33.5 Å². The molecule has 4 rings (SSSR count). The van der Waals surface area contributed by atoms with Crippen LogP contribution in [-0.2, 0) is 4.79 Å². The van der Waals surface area contributed by atoms with E-state index in [0.717, 1.165) is 24.2 Å². The largest absolute Gasteiger partial charge is 0.457 e. The molecule has 28 heavy (non-hydrogen) atoms. The number of benzene rings is 1. The van der Waals surface area contributed by atoms with E-state index < -0.39 is 0 Å². The molecule has 0 unspecified atom stereocenters. The molecule has 0 radical (unpaired) electrons. The van der Waals surface area contributed by atoms with Gasteiger partial charge in [-0.25, -0.2) is 0 Å². The Morgan fingerprint density at radius 1 is 1.04 bits per heavy atom. The monoisotopic (exact) mass is 411 g/mol. The smallest absolute Gasteiger partial charge is 0.266 e. The van der Waals surface area contributed by atoms with E-state index in [1.165, 1.54) is 49.4 Å². The average Bonchev–Trinajstić information content (AvgIpc) is 3.22. The highest BCUT2D eigenvalue weighted by Gasteiger charge is 2.37. The Hall–Kier alpha value is -1.85.